The Bertz CT molecular complexity index is 163. The van der Waals surface area contributed by atoms with Crippen LogP contribution in [0.3, 0.4) is 0 Å². The van der Waals surface area contributed by atoms with E-state index in [0.717, 1.165) is 11.7 Å². The van der Waals surface area contributed by atoms with Gasteiger partial charge >= 0.3 is 0 Å². The molecule has 0 N–H and O–H groups in total. The molecule has 0 bridgehead atoms. The lowest BCUT2D eigenvalue weighted by molar-refractivity contribution is 0.129. The maximum Gasteiger partial charge on any atom is 0.0110 e. The van der Waals surface area contributed by atoms with Gasteiger partial charge in [-0.3, -0.25) is 0 Å². The Morgan fingerprint density at radius 3 is 2.21 bits per heavy atom. The van der Waals surface area contributed by atoms with E-state index in [1.807, 2.05) is 0 Å². The van der Waals surface area contributed by atoms with Crippen molar-refractivity contribution in [1.82, 2.24) is 9.80 Å². The summed E-state index contributed by atoms with van der Waals surface area (Å²) in [7, 11) is 0. The molecule has 0 radical (unpaired) electrons. The van der Waals surface area contributed by atoms with Crippen LogP contribution < -0.4 is 0 Å². The van der Waals surface area contributed by atoms with Crippen molar-refractivity contribution in [2.24, 2.45) is 5.92 Å². The predicted octanol–water partition coefficient (Wildman–Crippen LogP) is 1.33. The van der Waals surface area contributed by atoms with Crippen LogP contribution >= 0.6 is 12.6 Å². The third-order valence-electron chi connectivity index (χ3n) is 3.31. The molecule has 0 aromatic heterocycles. The van der Waals surface area contributed by atoms with Gasteiger partial charge in [0, 0.05) is 32.7 Å². The van der Waals surface area contributed by atoms with Crippen molar-refractivity contribution >= 4 is 12.6 Å². The summed E-state index contributed by atoms with van der Waals surface area (Å²) in [6.45, 7) is 7.77. The molecule has 1 heterocycles. The second kappa shape index (κ2) is 5.38. The highest BCUT2D eigenvalue weighted by Gasteiger charge is 2.25. The van der Waals surface area contributed by atoms with E-state index in [-0.39, 0.29) is 0 Å². The van der Waals surface area contributed by atoms with E-state index in [1.54, 1.807) is 0 Å². The zero-order valence-electron chi connectivity index (χ0n) is 8.99. The Morgan fingerprint density at radius 1 is 1.00 bits per heavy atom. The first kappa shape index (κ1) is 10.8. The normalized spacial score (nSPS) is 25.5. The molecule has 0 aromatic carbocycles. The lowest BCUT2D eigenvalue weighted by Crippen LogP contribution is -2.47. The zero-order valence-corrected chi connectivity index (χ0v) is 9.88. The molecule has 2 nitrogen and oxygen atoms in total. The molecular formula is C11H22N2S. The Balaban J connectivity index is 1.59. The molecule has 0 atom stereocenters. The van der Waals surface area contributed by atoms with Crippen molar-refractivity contribution in [3.05, 3.63) is 0 Å². The third-order valence-corrected chi connectivity index (χ3v) is 3.63. The molecule has 1 aliphatic heterocycles. The van der Waals surface area contributed by atoms with Crippen LogP contribution in [0.4, 0.5) is 0 Å². The molecule has 2 rings (SSSR count). The molecule has 2 aliphatic rings. The van der Waals surface area contributed by atoms with Crippen LogP contribution in [-0.4, -0.2) is 54.8 Å². The number of piperazine rings is 1. The van der Waals surface area contributed by atoms with Gasteiger partial charge in [-0.05, 0) is 37.5 Å². The van der Waals surface area contributed by atoms with Crippen LogP contribution in [-0.2, 0) is 0 Å². The average Bonchev–Trinajstić information content (AvgIpc) is 3.01. The van der Waals surface area contributed by atoms with Crippen LogP contribution in [0.25, 0.3) is 0 Å². The van der Waals surface area contributed by atoms with Gasteiger partial charge in [-0.2, -0.15) is 12.6 Å². The summed E-state index contributed by atoms with van der Waals surface area (Å²) in [6, 6.07) is 0. The minimum Gasteiger partial charge on any atom is -0.301 e. The van der Waals surface area contributed by atoms with Crippen molar-refractivity contribution < 1.29 is 0 Å². The molecule has 0 aromatic rings. The van der Waals surface area contributed by atoms with Gasteiger partial charge in [0.05, 0.1) is 0 Å². The van der Waals surface area contributed by atoms with Crippen molar-refractivity contribution in [2.75, 3.05) is 45.0 Å². The largest absolute Gasteiger partial charge is 0.301 e. The van der Waals surface area contributed by atoms with Crippen LogP contribution in [0.1, 0.15) is 19.3 Å². The number of nitrogens with zero attached hydrogens (tertiary/aromatic N) is 2. The minimum atomic E-state index is 1.03. The number of hydrogen-bond acceptors (Lipinski definition) is 3. The van der Waals surface area contributed by atoms with E-state index in [1.165, 1.54) is 58.5 Å². The fraction of sp³-hybridized carbons (Fsp3) is 1.00. The van der Waals surface area contributed by atoms with Gasteiger partial charge in [0.25, 0.3) is 0 Å². The minimum absolute atomic E-state index is 1.03. The smallest absolute Gasteiger partial charge is 0.0110 e. The predicted molar refractivity (Wildman–Crippen MR) is 64.1 cm³/mol. The molecule has 0 spiro atoms. The molecule has 0 unspecified atom stereocenters. The van der Waals surface area contributed by atoms with E-state index < -0.39 is 0 Å². The molecule has 1 saturated heterocycles. The molecule has 1 aliphatic carbocycles. The number of hydrogen-bond donors (Lipinski definition) is 1. The lowest BCUT2D eigenvalue weighted by atomic mass is 10.2. The van der Waals surface area contributed by atoms with Crippen LogP contribution in [0, 0.1) is 5.92 Å². The van der Waals surface area contributed by atoms with Gasteiger partial charge in [-0.1, -0.05) is 0 Å². The van der Waals surface area contributed by atoms with Gasteiger partial charge in [0.2, 0.25) is 0 Å². The monoisotopic (exact) mass is 214 g/mol. The SMILES string of the molecule is SCCCN1CCN(CC2CC2)CC1. The summed E-state index contributed by atoms with van der Waals surface area (Å²) in [6.07, 6.45) is 4.21. The Hall–Kier alpha value is 0.270. The zero-order chi connectivity index (χ0) is 9.80. The van der Waals surface area contributed by atoms with E-state index in [2.05, 4.69) is 22.4 Å². The van der Waals surface area contributed by atoms with Crippen molar-refractivity contribution in [2.45, 2.75) is 19.3 Å². The molecule has 2 fully saturated rings. The van der Waals surface area contributed by atoms with Gasteiger partial charge in [0.15, 0.2) is 0 Å². The van der Waals surface area contributed by atoms with Crippen molar-refractivity contribution in [3.8, 4) is 0 Å². The maximum absolute atomic E-state index is 4.25. The summed E-state index contributed by atoms with van der Waals surface area (Å²) in [5.74, 6) is 2.08. The van der Waals surface area contributed by atoms with E-state index >= 15 is 0 Å². The fourth-order valence-corrected chi connectivity index (χ4v) is 2.30. The second-order valence-electron chi connectivity index (χ2n) is 4.66. The third kappa shape index (κ3) is 3.44. The quantitative estimate of drug-likeness (QED) is 0.690. The number of thiol groups is 1. The first-order valence-corrected chi connectivity index (χ1v) is 6.57. The molecule has 0 amide bonds. The fourth-order valence-electron chi connectivity index (χ4n) is 2.16. The maximum atomic E-state index is 4.25. The Morgan fingerprint density at radius 2 is 1.64 bits per heavy atom. The molecule has 1 saturated carbocycles. The molecule has 14 heavy (non-hydrogen) atoms. The Labute approximate surface area is 93.1 Å². The highest BCUT2D eigenvalue weighted by atomic mass is 32.1. The summed E-state index contributed by atoms with van der Waals surface area (Å²) in [4.78, 5) is 5.23. The summed E-state index contributed by atoms with van der Waals surface area (Å²) >= 11 is 4.25. The van der Waals surface area contributed by atoms with Crippen molar-refractivity contribution in [3.63, 3.8) is 0 Å². The second-order valence-corrected chi connectivity index (χ2v) is 5.11. The average molecular weight is 214 g/mol. The standard InChI is InChI=1S/C11H22N2S/c14-9-1-4-12-5-7-13(8-6-12)10-11-2-3-11/h11,14H,1-10H2. The van der Waals surface area contributed by atoms with Gasteiger partial charge in [-0.25, -0.2) is 0 Å². The van der Waals surface area contributed by atoms with Gasteiger partial charge in [-0.15, -0.1) is 0 Å². The van der Waals surface area contributed by atoms with Crippen LogP contribution in [0.15, 0.2) is 0 Å². The van der Waals surface area contributed by atoms with Crippen LogP contribution in [0.2, 0.25) is 0 Å². The van der Waals surface area contributed by atoms with Crippen molar-refractivity contribution in [1.29, 1.82) is 0 Å². The highest BCUT2D eigenvalue weighted by molar-refractivity contribution is 7.80. The molecular weight excluding hydrogens is 192 g/mol. The first-order valence-electron chi connectivity index (χ1n) is 5.94. The summed E-state index contributed by atoms with van der Waals surface area (Å²) in [5.41, 5.74) is 0. The highest BCUT2D eigenvalue weighted by Crippen LogP contribution is 2.29. The first-order chi connectivity index (χ1) is 6.88. The molecule has 3 heteroatoms. The lowest BCUT2D eigenvalue weighted by Gasteiger charge is -2.34. The van der Waals surface area contributed by atoms with Gasteiger partial charge in [0.1, 0.15) is 0 Å². The summed E-state index contributed by atoms with van der Waals surface area (Å²) < 4.78 is 0. The van der Waals surface area contributed by atoms with E-state index in [4.69, 9.17) is 0 Å². The molecule has 82 valence electrons. The Kier molecular flexibility index (Phi) is 4.14. The van der Waals surface area contributed by atoms with E-state index in [0.29, 0.717) is 0 Å². The number of rotatable bonds is 5. The summed E-state index contributed by atoms with van der Waals surface area (Å²) in [5, 5.41) is 0. The topological polar surface area (TPSA) is 6.48 Å². The van der Waals surface area contributed by atoms with E-state index in [9.17, 15) is 0 Å². The van der Waals surface area contributed by atoms with Gasteiger partial charge < -0.3 is 9.80 Å². The van der Waals surface area contributed by atoms with Crippen LogP contribution in [0.5, 0.6) is 0 Å².